The fraction of sp³-hybridized carbons (Fsp3) is 0.636. The number of hydrogen-bond acceptors (Lipinski definition) is 3. The molecule has 1 heterocycles. The predicted molar refractivity (Wildman–Crippen MR) is 117 cm³/mol. The highest BCUT2D eigenvalue weighted by molar-refractivity contribution is 5.94. The standard InChI is InChI=1S/C22H37N5O/c1-5-20(27-14-7-8-15-27)17-25-22(23-6-2)24-13-12-18-10-9-11-19(16-18)21(28)26(3)4/h9-11,16,20H,5-8,12-15,17H2,1-4H3,(H2,23,24,25). The third-order valence-corrected chi connectivity index (χ3v) is 5.22. The van der Waals surface area contributed by atoms with Crippen LogP contribution in [0.4, 0.5) is 0 Å². The van der Waals surface area contributed by atoms with Gasteiger partial charge in [-0.3, -0.25) is 14.7 Å². The maximum absolute atomic E-state index is 12.1. The Kier molecular flexibility index (Phi) is 9.28. The van der Waals surface area contributed by atoms with Gasteiger partial charge in [-0.2, -0.15) is 0 Å². The molecule has 0 saturated carbocycles. The number of carbonyl (C=O) groups is 1. The van der Waals surface area contributed by atoms with Gasteiger partial charge in [0, 0.05) is 38.8 Å². The van der Waals surface area contributed by atoms with E-state index in [1.54, 1.807) is 19.0 Å². The molecule has 1 fully saturated rings. The molecule has 6 nitrogen and oxygen atoms in total. The third-order valence-electron chi connectivity index (χ3n) is 5.22. The first kappa shape index (κ1) is 22.2. The Bertz CT molecular complexity index is 638. The van der Waals surface area contributed by atoms with Gasteiger partial charge in [-0.15, -0.1) is 0 Å². The molecule has 1 aliphatic rings. The zero-order valence-electron chi connectivity index (χ0n) is 18.0. The van der Waals surface area contributed by atoms with Crippen molar-refractivity contribution in [1.82, 2.24) is 20.4 Å². The van der Waals surface area contributed by atoms with Gasteiger partial charge in [0.25, 0.3) is 5.91 Å². The number of rotatable bonds is 9. The van der Waals surface area contributed by atoms with Crippen LogP contribution in [0.1, 0.15) is 49.0 Å². The summed E-state index contributed by atoms with van der Waals surface area (Å²) < 4.78 is 0. The van der Waals surface area contributed by atoms with Crippen molar-refractivity contribution in [3.63, 3.8) is 0 Å². The van der Waals surface area contributed by atoms with Crippen molar-refractivity contribution < 1.29 is 4.79 Å². The summed E-state index contributed by atoms with van der Waals surface area (Å²) in [6, 6.07) is 8.40. The average Bonchev–Trinajstić information content (AvgIpc) is 3.22. The largest absolute Gasteiger partial charge is 0.357 e. The third kappa shape index (κ3) is 6.82. The number of nitrogens with one attached hydrogen (secondary N) is 2. The van der Waals surface area contributed by atoms with Crippen molar-refractivity contribution >= 4 is 11.9 Å². The van der Waals surface area contributed by atoms with Crippen molar-refractivity contribution in [3.05, 3.63) is 35.4 Å². The Morgan fingerprint density at radius 1 is 1.21 bits per heavy atom. The number of guanidine groups is 1. The van der Waals surface area contributed by atoms with E-state index in [0.29, 0.717) is 6.04 Å². The van der Waals surface area contributed by atoms with Gasteiger partial charge in [-0.25, -0.2) is 0 Å². The summed E-state index contributed by atoms with van der Waals surface area (Å²) in [7, 11) is 3.56. The van der Waals surface area contributed by atoms with Gasteiger partial charge < -0.3 is 15.5 Å². The predicted octanol–water partition coefficient (Wildman–Crippen LogP) is 2.36. The molecule has 28 heavy (non-hydrogen) atoms. The van der Waals surface area contributed by atoms with E-state index in [0.717, 1.165) is 49.6 Å². The Morgan fingerprint density at radius 2 is 1.96 bits per heavy atom. The highest BCUT2D eigenvalue weighted by atomic mass is 16.2. The van der Waals surface area contributed by atoms with Crippen LogP contribution in [0, 0.1) is 0 Å². The molecule has 0 radical (unpaired) electrons. The van der Waals surface area contributed by atoms with Crippen LogP contribution in [0.15, 0.2) is 29.3 Å². The minimum atomic E-state index is 0.0391. The van der Waals surface area contributed by atoms with E-state index in [9.17, 15) is 4.79 Å². The highest BCUT2D eigenvalue weighted by Crippen LogP contribution is 2.14. The van der Waals surface area contributed by atoms with Crippen molar-refractivity contribution in [3.8, 4) is 0 Å². The summed E-state index contributed by atoms with van der Waals surface area (Å²) in [4.78, 5) is 21.1. The van der Waals surface area contributed by atoms with Gasteiger partial charge in [-0.05, 0) is 63.4 Å². The van der Waals surface area contributed by atoms with Crippen molar-refractivity contribution in [2.24, 2.45) is 4.99 Å². The molecule has 1 aromatic carbocycles. The number of benzene rings is 1. The highest BCUT2D eigenvalue weighted by Gasteiger charge is 2.20. The van der Waals surface area contributed by atoms with E-state index in [2.05, 4.69) is 35.4 Å². The average molecular weight is 388 g/mol. The normalized spacial score (nSPS) is 16.1. The lowest BCUT2D eigenvalue weighted by Crippen LogP contribution is -2.40. The van der Waals surface area contributed by atoms with E-state index in [4.69, 9.17) is 4.99 Å². The summed E-state index contributed by atoms with van der Waals surface area (Å²) in [6.45, 7) is 9.22. The van der Waals surface area contributed by atoms with Crippen molar-refractivity contribution in [2.75, 3.05) is 46.8 Å². The lowest BCUT2D eigenvalue weighted by molar-refractivity contribution is 0.0827. The Hall–Kier alpha value is -2.08. The van der Waals surface area contributed by atoms with E-state index in [1.165, 1.54) is 25.9 Å². The summed E-state index contributed by atoms with van der Waals surface area (Å²) >= 11 is 0. The van der Waals surface area contributed by atoms with Gasteiger partial charge in [0.05, 0.1) is 6.54 Å². The topological polar surface area (TPSA) is 60.0 Å². The van der Waals surface area contributed by atoms with Crippen LogP contribution < -0.4 is 10.6 Å². The summed E-state index contributed by atoms with van der Waals surface area (Å²) in [5.74, 6) is 0.915. The van der Waals surface area contributed by atoms with E-state index < -0.39 is 0 Å². The molecule has 0 aromatic heterocycles. The van der Waals surface area contributed by atoms with Crippen LogP contribution in [0.25, 0.3) is 0 Å². The molecule has 1 saturated heterocycles. The van der Waals surface area contributed by atoms with E-state index >= 15 is 0 Å². The van der Waals surface area contributed by atoms with Gasteiger partial charge in [0.15, 0.2) is 5.96 Å². The van der Waals surface area contributed by atoms with Crippen LogP contribution in [-0.2, 0) is 6.42 Å². The lowest BCUT2D eigenvalue weighted by atomic mass is 10.1. The minimum Gasteiger partial charge on any atom is -0.357 e. The van der Waals surface area contributed by atoms with Gasteiger partial charge in [-0.1, -0.05) is 19.1 Å². The van der Waals surface area contributed by atoms with E-state index in [-0.39, 0.29) is 5.91 Å². The zero-order valence-corrected chi connectivity index (χ0v) is 18.0. The first-order chi connectivity index (χ1) is 13.5. The molecule has 1 atom stereocenters. The Labute approximate surface area is 170 Å². The molecule has 156 valence electrons. The quantitative estimate of drug-likeness (QED) is 0.504. The second-order valence-corrected chi connectivity index (χ2v) is 7.60. The number of aliphatic imine (C=N–C) groups is 1. The summed E-state index contributed by atoms with van der Waals surface area (Å²) in [5, 5.41) is 6.78. The molecular weight excluding hydrogens is 350 g/mol. The SMILES string of the molecule is CCNC(=NCC(CC)N1CCCC1)NCCc1cccc(C(=O)N(C)C)c1. The van der Waals surface area contributed by atoms with Gasteiger partial charge in [0.2, 0.25) is 0 Å². The van der Waals surface area contributed by atoms with Crippen LogP contribution in [-0.4, -0.2) is 74.5 Å². The molecular formula is C22H37N5O. The molecule has 2 N–H and O–H groups in total. The first-order valence-corrected chi connectivity index (χ1v) is 10.6. The Morgan fingerprint density at radius 3 is 2.61 bits per heavy atom. The van der Waals surface area contributed by atoms with E-state index in [1.807, 2.05) is 18.2 Å². The van der Waals surface area contributed by atoms with Crippen LogP contribution in [0.5, 0.6) is 0 Å². The molecule has 2 rings (SSSR count). The van der Waals surface area contributed by atoms with Crippen LogP contribution in [0.2, 0.25) is 0 Å². The second kappa shape index (κ2) is 11.7. The molecule has 1 aromatic rings. The smallest absolute Gasteiger partial charge is 0.253 e. The molecule has 0 aliphatic carbocycles. The van der Waals surface area contributed by atoms with Gasteiger partial charge in [0.1, 0.15) is 0 Å². The van der Waals surface area contributed by atoms with Crippen LogP contribution in [0.3, 0.4) is 0 Å². The monoisotopic (exact) mass is 387 g/mol. The summed E-state index contributed by atoms with van der Waals surface area (Å²) in [5.41, 5.74) is 1.89. The molecule has 1 unspecified atom stereocenters. The van der Waals surface area contributed by atoms with Crippen LogP contribution >= 0.6 is 0 Å². The number of nitrogens with zero attached hydrogens (tertiary/aromatic N) is 3. The second-order valence-electron chi connectivity index (χ2n) is 7.60. The zero-order chi connectivity index (χ0) is 20.4. The first-order valence-electron chi connectivity index (χ1n) is 10.6. The molecule has 1 aliphatic heterocycles. The fourth-order valence-electron chi connectivity index (χ4n) is 3.59. The minimum absolute atomic E-state index is 0.0391. The maximum Gasteiger partial charge on any atom is 0.253 e. The summed E-state index contributed by atoms with van der Waals surface area (Å²) in [6.07, 6.45) is 4.61. The lowest BCUT2D eigenvalue weighted by Gasteiger charge is -2.25. The molecule has 6 heteroatoms. The number of amides is 1. The fourth-order valence-corrected chi connectivity index (χ4v) is 3.59. The number of likely N-dealkylation sites (tertiary alicyclic amines) is 1. The molecule has 0 bridgehead atoms. The molecule has 0 spiro atoms. The van der Waals surface area contributed by atoms with Gasteiger partial charge >= 0.3 is 0 Å². The maximum atomic E-state index is 12.1. The number of carbonyl (C=O) groups excluding carboxylic acids is 1. The number of hydrogen-bond donors (Lipinski definition) is 2. The Balaban J connectivity index is 1.88. The molecule has 1 amide bonds. The van der Waals surface area contributed by atoms with Crippen molar-refractivity contribution in [2.45, 2.75) is 45.6 Å². The van der Waals surface area contributed by atoms with Crippen molar-refractivity contribution in [1.29, 1.82) is 0 Å².